The van der Waals surface area contributed by atoms with Crippen molar-refractivity contribution >= 4 is 16.9 Å². The zero-order valence-corrected chi connectivity index (χ0v) is 18.3. The van der Waals surface area contributed by atoms with Crippen LogP contribution in [0.2, 0.25) is 0 Å². The summed E-state index contributed by atoms with van der Waals surface area (Å²) in [6.07, 6.45) is 1.58. The number of aromatic amines is 1. The number of hydrogen-bond donors (Lipinski definition) is 2. The number of nitrogens with zero attached hydrogens (tertiary/aromatic N) is 1. The van der Waals surface area contributed by atoms with Gasteiger partial charge in [-0.25, -0.2) is 4.98 Å². The highest BCUT2D eigenvalue weighted by Gasteiger charge is 2.19. The number of carbonyl (C=O) groups excluding carboxylic acids is 1. The second-order valence-corrected chi connectivity index (χ2v) is 7.67. The zero-order valence-electron chi connectivity index (χ0n) is 18.3. The third-order valence-electron chi connectivity index (χ3n) is 5.41. The van der Waals surface area contributed by atoms with Crippen LogP contribution in [0, 0.1) is 0 Å². The molecule has 0 saturated carbocycles. The third kappa shape index (κ3) is 5.27. The van der Waals surface area contributed by atoms with Crippen molar-refractivity contribution in [2.45, 2.75) is 25.3 Å². The van der Waals surface area contributed by atoms with Crippen molar-refractivity contribution in [3.63, 3.8) is 0 Å². The summed E-state index contributed by atoms with van der Waals surface area (Å²) < 4.78 is 10.7. The number of imidazole rings is 1. The molecule has 0 saturated heterocycles. The zero-order chi connectivity index (χ0) is 22.3. The van der Waals surface area contributed by atoms with Gasteiger partial charge in [0.15, 0.2) is 0 Å². The highest BCUT2D eigenvalue weighted by molar-refractivity contribution is 5.78. The average molecular weight is 430 g/mol. The minimum absolute atomic E-state index is 0.0341. The Balaban J connectivity index is 1.49. The first-order valence-electron chi connectivity index (χ1n) is 10.6. The maximum Gasteiger partial charge on any atom is 0.220 e. The van der Waals surface area contributed by atoms with Gasteiger partial charge in [0, 0.05) is 12.5 Å². The summed E-state index contributed by atoms with van der Waals surface area (Å²) >= 11 is 0. The second kappa shape index (κ2) is 10.0. The molecule has 4 rings (SSSR count). The molecule has 0 bridgehead atoms. The van der Waals surface area contributed by atoms with Crippen molar-refractivity contribution in [3.05, 3.63) is 89.7 Å². The van der Waals surface area contributed by atoms with E-state index in [-0.39, 0.29) is 11.9 Å². The molecule has 1 heterocycles. The van der Waals surface area contributed by atoms with Crippen LogP contribution in [0.5, 0.6) is 11.5 Å². The molecule has 0 aliphatic heterocycles. The molecule has 3 aromatic carbocycles. The van der Waals surface area contributed by atoms with Crippen molar-refractivity contribution in [2.24, 2.45) is 0 Å². The summed E-state index contributed by atoms with van der Waals surface area (Å²) in [5.74, 6) is 2.15. The van der Waals surface area contributed by atoms with E-state index in [9.17, 15) is 4.79 Å². The van der Waals surface area contributed by atoms with Crippen LogP contribution in [0.25, 0.3) is 11.0 Å². The minimum atomic E-state index is -0.253. The van der Waals surface area contributed by atoms with Crippen molar-refractivity contribution in [2.75, 3.05) is 14.2 Å². The van der Waals surface area contributed by atoms with E-state index in [1.165, 1.54) is 0 Å². The number of rotatable bonds is 9. The normalized spacial score (nSPS) is 11.8. The lowest BCUT2D eigenvalue weighted by molar-refractivity contribution is -0.121. The molecule has 1 aromatic heterocycles. The fourth-order valence-electron chi connectivity index (χ4n) is 3.74. The van der Waals surface area contributed by atoms with Gasteiger partial charge in [0.2, 0.25) is 5.91 Å². The average Bonchev–Trinajstić information content (AvgIpc) is 3.27. The smallest absolute Gasteiger partial charge is 0.220 e. The van der Waals surface area contributed by atoms with Gasteiger partial charge in [-0.3, -0.25) is 4.79 Å². The SMILES string of the molecule is COc1cc(CCC(=O)N[C@@H](Cc2ccccc2)c2nc3ccccc3[nH]2)cc(OC)c1. The highest BCUT2D eigenvalue weighted by atomic mass is 16.5. The van der Waals surface area contributed by atoms with Gasteiger partial charge in [0.05, 0.1) is 31.3 Å². The predicted octanol–water partition coefficient (Wildman–Crippen LogP) is 4.61. The number of carbonyl (C=O) groups is 1. The Bertz CT molecular complexity index is 1130. The Labute approximate surface area is 187 Å². The van der Waals surface area contributed by atoms with E-state index in [2.05, 4.69) is 22.4 Å². The molecule has 1 amide bonds. The first-order chi connectivity index (χ1) is 15.6. The lowest BCUT2D eigenvalue weighted by Crippen LogP contribution is -2.31. The van der Waals surface area contributed by atoms with Gasteiger partial charge >= 0.3 is 0 Å². The largest absolute Gasteiger partial charge is 0.497 e. The molecule has 0 unspecified atom stereocenters. The Morgan fingerprint density at radius 1 is 0.938 bits per heavy atom. The lowest BCUT2D eigenvalue weighted by Gasteiger charge is -2.17. The van der Waals surface area contributed by atoms with Gasteiger partial charge < -0.3 is 19.8 Å². The Hall–Kier alpha value is -3.80. The van der Waals surface area contributed by atoms with E-state index in [4.69, 9.17) is 14.5 Å². The topological polar surface area (TPSA) is 76.2 Å². The standard InChI is InChI=1S/C26H27N3O3/c1-31-20-14-19(15-21(17-20)32-2)12-13-25(30)27-24(16-18-8-4-3-5-9-18)26-28-22-10-6-7-11-23(22)29-26/h3-11,14-15,17,24H,12-13,16H2,1-2H3,(H,27,30)(H,28,29)/t24-/m0/s1. The first-order valence-corrected chi connectivity index (χ1v) is 10.6. The van der Waals surface area contributed by atoms with Crippen LogP contribution in [-0.2, 0) is 17.6 Å². The summed E-state index contributed by atoms with van der Waals surface area (Å²) in [5, 5.41) is 3.18. The molecule has 164 valence electrons. The molecule has 6 nitrogen and oxygen atoms in total. The fourth-order valence-corrected chi connectivity index (χ4v) is 3.74. The quantitative estimate of drug-likeness (QED) is 0.407. The predicted molar refractivity (Wildman–Crippen MR) is 125 cm³/mol. The van der Waals surface area contributed by atoms with E-state index in [0.717, 1.165) is 28.0 Å². The molecule has 1 atom stereocenters. The summed E-state index contributed by atoms with van der Waals surface area (Å²) in [7, 11) is 3.24. The Morgan fingerprint density at radius 3 is 2.31 bits per heavy atom. The van der Waals surface area contributed by atoms with E-state index < -0.39 is 0 Å². The van der Waals surface area contributed by atoms with E-state index >= 15 is 0 Å². The Kier molecular flexibility index (Phi) is 6.70. The summed E-state index contributed by atoms with van der Waals surface area (Å²) in [6.45, 7) is 0. The number of benzene rings is 3. The van der Waals surface area contributed by atoms with Crippen molar-refractivity contribution in [1.82, 2.24) is 15.3 Å². The van der Waals surface area contributed by atoms with E-state index in [1.807, 2.05) is 60.7 Å². The number of hydrogen-bond acceptors (Lipinski definition) is 4. The lowest BCUT2D eigenvalue weighted by atomic mass is 10.0. The maximum absolute atomic E-state index is 12.9. The van der Waals surface area contributed by atoms with Gasteiger partial charge in [-0.2, -0.15) is 0 Å². The number of methoxy groups -OCH3 is 2. The molecule has 4 aromatic rings. The van der Waals surface area contributed by atoms with Crippen LogP contribution in [0.1, 0.15) is 29.4 Å². The fraction of sp³-hybridized carbons (Fsp3) is 0.231. The van der Waals surface area contributed by atoms with Gasteiger partial charge in [0.1, 0.15) is 17.3 Å². The van der Waals surface area contributed by atoms with Crippen molar-refractivity contribution in [3.8, 4) is 11.5 Å². The maximum atomic E-state index is 12.9. The minimum Gasteiger partial charge on any atom is -0.497 e. The van der Waals surface area contributed by atoms with Gasteiger partial charge in [-0.15, -0.1) is 0 Å². The van der Waals surface area contributed by atoms with E-state index in [1.54, 1.807) is 14.2 Å². The van der Waals surface area contributed by atoms with Crippen LogP contribution in [0.15, 0.2) is 72.8 Å². The molecule has 0 aliphatic carbocycles. The molecule has 0 aliphatic rings. The molecule has 6 heteroatoms. The van der Waals surface area contributed by atoms with Crippen LogP contribution in [0.3, 0.4) is 0 Å². The third-order valence-corrected chi connectivity index (χ3v) is 5.41. The first kappa shape index (κ1) is 21.4. The van der Waals surface area contributed by atoms with Crippen LogP contribution in [0.4, 0.5) is 0 Å². The molecule has 0 fully saturated rings. The molecular formula is C26H27N3O3. The second-order valence-electron chi connectivity index (χ2n) is 7.67. The number of aromatic nitrogens is 2. The van der Waals surface area contributed by atoms with Crippen LogP contribution >= 0.6 is 0 Å². The number of fused-ring (bicyclic) bond motifs is 1. The highest BCUT2D eigenvalue weighted by Crippen LogP contribution is 2.24. The number of para-hydroxylation sites is 2. The monoisotopic (exact) mass is 429 g/mol. The van der Waals surface area contributed by atoms with Crippen LogP contribution in [-0.4, -0.2) is 30.1 Å². The molecular weight excluding hydrogens is 402 g/mol. The Morgan fingerprint density at radius 2 is 1.62 bits per heavy atom. The van der Waals surface area contributed by atoms with Gasteiger partial charge in [-0.05, 0) is 48.2 Å². The number of amides is 1. The summed E-state index contributed by atoms with van der Waals surface area (Å²) in [6, 6.07) is 23.4. The van der Waals surface area contributed by atoms with E-state index in [0.29, 0.717) is 30.8 Å². The van der Waals surface area contributed by atoms with Crippen molar-refractivity contribution < 1.29 is 14.3 Å². The number of aryl methyl sites for hydroxylation is 1. The van der Waals surface area contributed by atoms with Crippen LogP contribution < -0.4 is 14.8 Å². The summed E-state index contributed by atoms with van der Waals surface area (Å²) in [5.41, 5.74) is 3.96. The molecule has 2 N–H and O–H groups in total. The summed E-state index contributed by atoms with van der Waals surface area (Å²) in [4.78, 5) is 21.0. The van der Waals surface area contributed by atoms with Gasteiger partial charge in [-0.1, -0.05) is 42.5 Å². The molecule has 0 radical (unpaired) electrons. The number of nitrogens with one attached hydrogen (secondary N) is 2. The number of ether oxygens (including phenoxy) is 2. The van der Waals surface area contributed by atoms with Crippen molar-refractivity contribution in [1.29, 1.82) is 0 Å². The van der Waals surface area contributed by atoms with Gasteiger partial charge in [0.25, 0.3) is 0 Å². The molecule has 32 heavy (non-hydrogen) atoms. The number of H-pyrrole nitrogens is 1. The molecule has 0 spiro atoms.